The van der Waals surface area contributed by atoms with E-state index in [0.29, 0.717) is 11.5 Å². The van der Waals surface area contributed by atoms with E-state index in [9.17, 15) is 0 Å². The quantitative estimate of drug-likeness (QED) is 0.581. The molecule has 2 aromatic carbocycles. The molecule has 25 heavy (non-hydrogen) atoms. The number of nitrogens with zero attached hydrogens (tertiary/aromatic N) is 4. The summed E-state index contributed by atoms with van der Waals surface area (Å²) in [5.74, 6) is 1.96. The van der Waals surface area contributed by atoms with E-state index < -0.39 is 0 Å². The predicted molar refractivity (Wildman–Crippen MR) is 98.7 cm³/mol. The third-order valence-corrected chi connectivity index (χ3v) is 3.87. The third kappa shape index (κ3) is 2.80. The fraction of sp³-hybridized carbons (Fsp3) is 0.0556. The molecule has 0 bridgehead atoms. The number of hydrogen-bond donors (Lipinski definition) is 1. The van der Waals surface area contributed by atoms with Gasteiger partial charge in [0.2, 0.25) is 0 Å². The van der Waals surface area contributed by atoms with Crippen LogP contribution in [-0.2, 0) is 0 Å². The minimum Gasteiger partial charge on any atom is -0.457 e. The molecule has 1 radical (unpaired) electrons. The topological polar surface area (TPSA) is 78.9 Å². The number of nitrogen functional groups attached to an aromatic ring is 1. The van der Waals surface area contributed by atoms with E-state index in [2.05, 4.69) is 15.1 Å². The number of benzene rings is 2. The van der Waals surface area contributed by atoms with Gasteiger partial charge in [0, 0.05) is 5.56 Å². The van der Waals surface area contributed by atoms with Crippen LogP contribution in [-0.4, -0.2) is 27.1 Å². The molecule has 4 rings (SSSR count). The lowest BCUT2D eigenvalue weighted by molar-refractivity contribution is 0.483. The smallest absolute Gasteiger partial charge is 0.278 e. The summed E-state index contributed by atoms with van der Waals surface area (Å²) in [7, 11) is 1.84. The summed E-state index contributed by atoms with van der Waals surface area (Å²) in [6.07, 6.45) is 1.44. The minimum absolute atomic E-state index is 0.415. The van der Waals surface area contributed by atoms with Crippen LogP contribution in [0.25, 0.3) is 22.3 Å². The molecule has 0 aliphatic carbocycles. The summed E-state index contributed by atoms with van der Waals surface area (Å²) in [5.41, 5.74) is 8.41. The van der Waals surface area contributed by atoms with Gasteiger partial charge in [-0.05, 0) is 36.4 Å². The van der Waals surface area contributed by atoms with Crippen LogP contribution in [0.5, 0.6) is 11.5 Å². The predicted octanol–water partition coefficient (Wildman–Crippen LogP) is 3.38. The molecule has 121 valence electrons. The highest BCUT2D eigenvalue weighted by atomic mass is 16.5. The van der Waals surface area contributed by atoms with Crippen LogP contribution >= 0.6 is 0 Å². The van der Waals surface area contributed by atoms with Crippen molar-refractivity contribution in [1.29, 1.82) is 0 Å². The van der Waals surface area contributed by atoms with Crippen molar-refractivity contribution in [3.63, 3.8) is 0 Å². The van der Waals surface area contributed by atoms with Crippen molar-refractivity contribution < 1.29 is 4.74 Å². The molecule has 4 aromatic rings. The van der Waals surface area contributed by atoms with Crippen molar-refractivity contribution in [2.24, 2.45) is 0 Å². The molecule has 0 aliphatic heterocycles. The lowest BCUT2D eigenvalue weighted by atomic mass is 10.0. The molecule has 2 aromatic heterocycles. The summed E-state index contributed by atoms with van der Waals surface area (Å²) in [5, 5.41) is 5.34. The van der Waals surface area contributed by atoms with Crippen LogP contribution in [0.15, 0.2) is 60.9 Å². The van der Waals surface area contributed by atoms with Crippen molar-refractivity contribution in [1.82, 2.24) is 19.7 Å². The Kier molecular flexibility index (Phi) is 3.82. The lowest BCUT2D eigenvalue weighted by Crippen LogP contribution is -2.04. The number of hydrogen-bond acceptors (Lipinski definition) is 5. The zero-order valence-electron chi connectivity index (χ0n) is 13.6. The van der Waals surface area contributed by atoms with Gasteiger partial charge >= 0.3 is 0 Å². The van der Waals surface area contributed by atoms with Gasteiger partial charge in [-0.1, -0.05) is 25.0 Å². The van der Waals surface area contributed by atoms with Crippen LogP contribution in [0, 0.1) is 0 Å². The number of ether oxygens (including phenoxy) is 1. The molecular weight excluding hydrogens is 313 g/mol. The molecule has 6 nitrogen and oxygen atoms in total. The zero-order valence-corrected chi connectivity index (χ0v) is 13.6. The van der Waals surface area contributed by atoms with Gasteiger partial charge in [0.15, 0.2) is 5.65 Å². The van der Waals surface area contributed by atoms with Crippen molar-refractivity contribution >= 4 is 24.3 Å². The second kappa shape index (κ2) is 6.28. The summed E-state index contributed by atoms with van der Waals surface area (Å²) < 4.78 is 7.53. The summed E-state index contributed by atoms with van der Waals surface area (Å²) in [6.45, 7) is 1.89. The van der Waals surface area contributed by atoms with Gasteiger partial charge in [-0.25, -0.2) is 9.97 Å². The minimum atomic E-state index is 0.415. The van der Waals surface area contributed by atoms with E-state index in [1.807, 2.05) is 68.8 Å². The normalized spacial score (nSPS) is 10.8. The van der Waals surface area contributed by atoms with Crippen molar-refractivity contribution in [3.05, 3.63) is 60.9 Å². The number of rotatable bonds is 4. The van der Waals surface area contributed by atoms with Gasteiger partial charge in [-0.3, -0.25) is 0 Å². The largest absolute Gasteiger partial charge is 0.457 e. The Morgan fingerprint density at radius 3 is 2.40 bits per heavy atom. The van der Waals surface area contributed by atoms with E-state index in [1.54, 1.807) is 4.59 Å². The van der Waals surface area contributed by atoms with E-state index >= 15 is 0 Å². The summed E-state index contributed by atoms with van der Waals surface area (Å²) >= 11 is 0. The highest BCUT2D eigenvalue weighted by Crippen LogP contribution is 2.31. The van der Waals surface area contributed by atoms with Crippen molar-refractivity contribution in [2.75, 3.05) is 5.73 Å². The highest BCUT2D eigenvalue weighted by molar-refractivity contribution is 6.33. The van der Waals surface area contributed by atoms with E-state index in [1.165, 1.54) is 6.33 Å². The van der Waals surface area contributed by atoms with Crippen molar-refractivity contribution in [3.8, 4) is 22.8 Å². The molecule has 0 fully saturated rings. The van der Waals surface area contributed by atoms with E-state index in [-0.39, 0.29) is 0 Å². The maximum absolute atomic E-state index is 6.05. The van der Waals surface area contributed by atoms with E-state index in [4.69, 9.17) is 10.5 Å². The van der Waals surface area contributed by atoms with E-state index in [0.717, 1.165) is 28.1 Å². The fourth-order valence-electron chi connectivity index (χ4n) is 2.68. The summed E-state index contributed by atoms with van der Waals surface area (Å²) in [4.78, 5) is 8.38. The Hall–Kier alpha value is -3.35. The number of fused-ring (bicyclic) bond motifs is 1. The van der Waals surface area contributed by atoms with Crippen LogP contribution in [0.3, 0.4) is 0 Å². The first-order valence-electron chi connectivity index (χ1n) is 7.88. The molecule has 0 atom stereocenters. The summed E-state index contributed by atoms with van der Waals surface area (Å²) in [6, 6.07) is 17.4. The number of para-hydroxylation sites is 1. The SMILES string of the molecule is C[B]n1nc(-c2ccc(Oc3ccccc3)cc2)c2c(N)ncnc21. The standard InChI is InChI=1S/C18H15BN5O/c1-19-24-18-15(17(20)21-11-22-18)16(23-24)12-7-9-14(10-8-12)25-13-5-3-2-4-6-13/h2-11H,1H3,(H2,20,21,22). The molecule has 2 heterocycles. The molecule has 7 heteroatoms. The van der Waals surface area contributed by atoms with Gasteiger partial charge in [-0.2, -0.15) is 5.10 Å². The monoisotopic (exact) mass is 328 g/mol. The van der Waals surface area contributed by atoms with Crippen LogP contribution in [0.1, 0.15) is 0 Å². The van der Waals surface area contributed by atoms with Gasteiger partial charge in [0.1, 0.15) is 29.3 Å². The first-order chi connectivity index (χ1) is 12.3. The van der Waals surface area contributed by atoms with Crippen LogP contribution in [0.2, 0.25) is 6.82 Å². The molecule has 0 saturated heterocycles. The number of nitrogens with two attached hydrogens (primary N) is 1. The zero-order chi connectivity index (χ0) is 17.2. The highest BCUT2D eigenvalue weighted by Gasteiger charge is 2.16. The molecule has 2 N–H and O–H groups in total. The second-order valence-corrected chi connectivity index (χ2v) is 5.45. The number of anilines is 1. The van der Waals surface area contributed by atoms with Gasteiger partial charge in [0.25, 0.3) is 7.41 Å². The third-order valence-electron chi connectivity index (χ3n) is 3.87. The molecule has 0 aliphatic rings. The average Bonchev–Trinajstić information content (AvgIpc) is 3.03. The average molecular weight is 328 g/mol. The molecule has 0 spiro atoms. The second-order valence-electron chi connectivity index (χ2n) is 5.45. The Morgan fingerprint density at radius 2 is 1.68 bits per heavy atom. The van der Waals surface area contributed by atoms with Crippen molar-refractivity contribution in [2.45, 2.75) is 6.82 Å². The Morgan fingerprint density at radius 1 is 0.960 bits per heavy atom. The molecule has 0 amide bonds. The molecule has 0 unspecified atom stereocenters. The van der Waals surface area contributed by atoms with Gasteiger partial charge < -0.3 is 15.1 Å². The molecular formula is C18H15BN5O. The lowest BCUT2D eigenvalue weighted by Gasteiger charge is -2.06. The first kappa shape index (κ1) is 15.2. The first-order valence-corrected chi connectivity index (χ1v) is 7.88. The Balaban J connectivity index is 1.72. The van der Waals surface area contributed by atoms with Crippen LogP contribution < -0.4 is 10.5 Å². The molecule has 0 saturated carbocycles. The van der Waals surface area contributed by atoms with Crippen LogP contribution in [0.4, 0.5) is 5.82 Å². The maximum atomic E-state index is 6.05. The van der Waals surface area contributed by atoms with Gasteiger partial charge in [-0.15, -0.1) is 0 Å². The Bertz CT molecular complexity index is 1020. The Labute approximate surface area is 145 Å². The van der Waals surface area contributed by atoms with Gasteiger partial charge in [0.05, 0.1) is 5.39 Å². The fourth-order valence-corrected chi connectivity index (χ4v) is 2.68. The number of aromatic nitrogens is 4. The maximum Gasteiger partial charge on any atom is 0.278 e.